The van der Waals surface area contributed by atoms with Crippen LogP contribution in [-0.2, 0) is 6.42 Å². The molecule has 2 aromatic carbocycles. The normalized spacial score (nSPS) is 10.3. The van der Waals surface area contributed by atoms with Gasteiger partial charge in [0.2, 0.25) is 0 Å². The summed E-state index contributed by atoms with van der Waals surface area (Å²) >= 11 is 0. The molecule has 0 aromatic heterocycles. The minimum atomic E-state index is -0.409. The number of azide groups is 1. The van der Waals surface area contributed by atoms with E-state index in [2.05, 4.69) is 10.0 Å². The van der Waals surface area contributed by atoms with E-state index < -0.39 is 4.92 Å². The molecule has 0 saturated carbocycles. The summed E-state index contributed by atoms with van der Waals surface area (Å²) in [5, 5.41) is 14.5. The SMILES string of the molecule is [N-]=[N+]=Nc1ccccc1C/C=C/c1ccccc1[N+](=O)[O-]. The molecule has 0 radical (unpaired) electrons. The molecule has 0 saturated heterocycles. The molecular formula is C15H12N4O2. The van der Waals surface area contributed by atoms with Gasteiger partial charge in [0.05, 0.1) is 10.5 Å². The molecule has 0 fully saturated rings. The van der Waals surface area contributed by atoms with Crippen molar-refractivity contribution in [1.29, 1.82) is 0 Å². The van der Waals surface area contributed by atoms with Gasteiger partial charge in [0.1, 0.15) is 0 Å². The maximum absolute atomic E-state index is 10.9. The first kappa shape index (κ1) is 14.3. The lowest BCUT2D eigenvalue weighted by Gasteiger charge is -2.01. The van der Waals surface area contributed by atoms with E-state index in [1.807, 2.05) is 18.2 Å². The number of benzene rings is 2. The molecule has 0 aliphatic carbocycles. The van der Waals surface area contributed by atoms with Crippen molar-refractivity contribution < 1.29 is 4.92 Å². The number of nitro benzene ring substituents is 1. The second-order valence-corrected chi connectivity index (χ2v) is 4.24. The molecule has 104 valence electrons. The van der Waals surface area contributed by atoms with Crippen LogP contribution >= 0.6 is 0 Å². The van der Waals surface area contributed by atoms with E-state index in [1.54, 1.807) is 36.4 Å². The zero-order chi connectivity index (χ0) is 15.1. The molecule has 2 aromatic rings. The van der Waals surface area contributed by atoms with Gasteiger partial charge in [-0.15, -0.1) is 0 Å². The van der Waals surface area contributed by atoms with Crippen LogP contribution in [0.15, 0.2) is 59.7 Å². The number of rotatable bonds is 5. The van der Waals surface area contributed by atoms with Gasteiger partial charge >= 0.3 is 0 Å². The van der Waals surface area contributed by atoms with E-state index in [0.717, 1.165) is 5.56 Å². The Morgan fingerprint density at radius 3 is 2.67 bits per heavy atom. The highest BCUT2D eigenvalue weighted by Gasteiger charge is 2.08. The van der Waals surface area contributed by atoms with Crippen molar-refractivity contribution in [2.45, 2.75) is 6.42 Å². The molecule has 0 spiro atoms. The van der Waals surface area contributed by atoms with Crippen molar-refractivity contribution in [2.24, 2.45) is 5.11 Å². The van der Waals surface area contributed by atoms with E-state index in [9.17, 15) is 10.1 Å². The van der Waals surface area contributed by atoms with E-state index >= 15 is 0 Å². The third-order valence-electron chi connectivity index (χ3n) is 2.91. The Labute approximate surface area is 121 Å². The Hall–Kier alpha value is -3.11. The average molecular weight is 280 g/mol. The van der Waals surface area contributed by atoms with Gasteiger partial charge in [-0.2, -0.15) is 0 Å². The smallest absolute Gasteiger partial charge is 0.258 e. The molecule has 6 nitrogen and oxygen atoms in total. The number of allylic oxidation sites excluding steroid dienone is 1. The van der Waals surface area contributed by atoms with Crippen molar-refractivity contribution in [1.82, 2.24) is 0 Å². The first-order chi connectivity index (χ1) is 10.2. The molecule has 0 amide bonds. The lowest BCUT2D eigenvalue weighted by Crippen LogP contribution is -1.90. The van der Waals surface area contributed by atoms with Crippen LogP contribution in [0.5, 0.6) is 0 Å². The number of nitro groups is 1. The van der Waals surface area contributed by atoms with Gasteiger partial charge in [-0.05, 0) is 23.6 Å². The van der Waals surface area contributed by atoms with Crippen LogP contribution in [0.4, 0.5) is 11.4 Å². The lowest BCUT2D eigenvalue weighted by atomic mass is 10.1. The zero-order valence-corrected chi connectivity index (χ0v) is 11.1. The summed E-state index contributed by atoms with van der Waals surface area (Å²) in [5.74, 6) is 0. The van der Waals surface area contributed by atoms with Gasteiger partial charge in [0.15, 0.2) is 0 Å². The molecule has 0 heterocycles. The Bertz CT molecular complexity index is 734. The fourth-order valence-corrected chi connectivity index (χ4v) is 1.94. The predicted octanol–water partition coefficient (Wildman–Crippen LogP) is 4.79. The van der Waals surface area contributed by atoms with Crippen molar-refractivity contribution in [3.05, 3.63) is 86.3 Å². The number of nitrogens with zero attached hydrogens (tertiary/aromatic N) is 4. The number of hydrogen-bond donors (Lipinski definition) is 0. The zero-order valence-electron chi connectivity index (χ0n) is 11.1. The average Bonchev–Trinajstić information content (AvgIpc) is 2.49. The molecule has 0 aliphatic rings. The molecule has 0 bridgehead atoms. The second-order valence-electron chi connectivity index (χ2n) is 4.24. The Morgan fingerprint density at radius 2 is 1.90 bits per heavy atom. The van der Waals surface area contributed by atoms with Crippen molar-refractivity contribution in [3.8, 4) is 0 Å². The first-order valence-corrected chi connectivity index (χ1v) is 6.25. The highest BCUT2D eigenvalue weighted by atomic mass is 16.6. The summed E-state index contributed by atoms with van der Waals surface area (Å²) in [4.78, 5) is 13.3. The van der Waals surface area contributed by atoms with Crippen molar-refractivity contribution >= 4 is 17.5 Å². The molecule has 0 atom stereocenters. The monoisotopic (exact) mass is 280 g/mol. The third kappa shape index (κ3) is 3.68. The summed E-state index contributed by atoms with van der Waals surface area (Å²) in [6.07, 6.45) is 4.04. The first-order valence-electron chi connectivity index (χ1n) is 6.25. The van der Waals surface area contributed by atoms with Crippen LogP contribution in [0.2, 0.25) is 0 Å². The topological polar surface area (TPSA) is 91.9 Å². The summed E-state index contributed by atoms with van der Waals surface area (Å²) in [6, 6.07) is 13.8. The Morgan fingerprint density at radius 1 is 1.19 bits per heavy atom. The molecule has 6 heteroatoms. The number of hydrogen-bond acceptors (Lipinski definition) is 3. The second kappa shape index (κ2) is 6.88. The van der Waals surface area contributed by atoms with Gasteiger partial charge in [-0.1, -0.05) is 53.7 Å². The predicted molar refractivity (Wildman–Crippen MR) is 81.1 cm³/mol. The molecule has 0 unspecified atom stereocenters. The highest BCUT2D eigenvalue weighted by molar-refractivity contribution is 5.61. The summed E-state index contributed by atoms with van der Waals surface area (Å²) < 4.78 is 0. The molecule has 0 aliphatic heterocycles. The standard InChI is InChI=1S/C15H12N4O2/c16-18-17-14-10-3-1-6-12(14)8-5-9-13-7-2-4-11-15(13)19(20)21/h1-7,9-11H,8H2/b9-5+. The quantitative estimate of drug-likeness (QED) is 0.259. The minimum absolute atomic E-state index is 0.0667. The Kier molecular flexibility index (Phi) is 4.69. The van der Waals surface area contributed by atoms with Crippen LogP contribution in [0.3, 0.4) is 0 Å². The molecule has 21 heavy (non-hydrogen) atoms. The van der Waals surface area contributed by atoms with Gasteiger partial charge < -0.3 is 0 Å². The van der Waals surface area contributed by atoms with Gasteiger partial charge in [-0.3, -0.25) is 10.1 Å². The lowest BCUT2D eigenvalue weighted by molar-refractivity contribution is -0.385. The van der Waals surface area contributed by atoms with Gasteiger partial charge in [-0.25, -0.2) is 0 Å². The summed E-state index contributed by atoms with van der Waals surface area (Å²) in [6.45, 7) is 0. The molecule has 2 rings (SSSR count). The van der Waals surface area contributed by atoms with Crippen LogP contribution in [0, 0.1) is 10.1 Å². The summed E-state index contributed by atoms with van der Waals surface area (Å²) in [5.41, 5.74) is 10.6. The highest BCUT2D eigenvalue weighted by Crippen LogP contribution is 2.22. The van der Waals surface area contributed by atoms with Crippen LogP contribution in [0.1, 0.15) is 11.1 Å². The van der Waals surface area contributed by atoms with E-state index in [0.29, 0.717) is 17.7 Å². The van der Waals surface area contributed by atoms with Gasteiger partial charge in [0.25, 0.3) is 5.69 Å². The summed E-state index contributed by atoms with van der Waals surface area (Å²) in [7, 11) is 0. The van der Waals surface area contributed by atoms with E-state index in [4.69, 9.17) is 5.53 Å². The maximum Gasteiger partial charge on any atom is 0.276 e. The van der Waals surface area contributed by atoms with Crippen molar-refractivity contribution in [2.75, 3.05) is 0 Å². The fraction of sp³-hybridized carbons (Fsp3) is 0.0667. The van der Waals surface area contributed by atoms with Crippen LogP contribution in [-0.4, -0.2) is 4.92 Å². The van der Waals surface area contributed by atoms with Crippen LogP contribution in [0.25, 0.3) is 16.5 Å². The van der Waals surface area contributed by atoms with E-state index in [1.165, 1.54) is 6.07 Å². The maximum atomic E-state index is 10.9. The Balaban J connectivity index is 2.21. The molecular weight excluding hydrogens is 268 g/mol. The van der Waals surface area contributed by atoms with Gasteiger partial charge in [0, 0.05) is 16.7 Å². The number of para-hydroxylation sites is 1. The van der Waals surface area contributed by atoms with Crippen LogP contribution < -0.4 is 0 Å². The van der Waals surface area contributed by atoms with E-state index in [-0.39, 0.29) is 5.69 Å². The van der Waals surface area contributed by atoms with Crippen molar-refractivity contribution in [3.63, 3.8) is 0 Å². The third-order valence-corrected chi connectivity index (χ3v) is 2.91. The molecule has 0 N–H and O–H groups in total. The largest absolute Gasteiger partial charge is 0.276 e. The minimum Gasteiger partial charge on any atom is -0.258 e. The fourth-order valence-electron chi connectivity index (χ4n) is 1.94.